The predicted octanol–water partition coefficient (Wildman–Crippen LogP) is 4.40. The summed E-state index contributed by atoms with van der Waals surface area (Å²) < 4.78 is 12.1. The van der Waals surface area contributed by atoms with Crippen molar-refractivity contribution in [3.63, 3.8) is 0 Å². The minimum atomic E-state index is -0.914. The van der Waals surface area contributed by atoms with Gasteiger partial charge in [-0.15, -0.1) is 0 Å². The highest BCUT2D eigenvalue weighted by Crippen LogP contribution is 2.48. The molecule has 0 aromatic carbocycles. The lowest BCUT2D eigenvalue weighted by Crippen LogP contribution is -2.51. The van der Waals surface area contributed by atoms with Gasteiger partial charge in [0.1, 0.15) is 6.10 Å². The molecule has 190 valence electrons. The van der Waals surface area contributed by atoms with Crippen LogP contribution < -0.4 is 5.73 Å². The first kappa shape index (κ1) is 26.9. The summed E-state index contributed by atoms with van der Waals surface area (Å²) in [6.45, 7) is 10.9. The van der Waals surface area contributed by atoms with E-state index in [9.17, 15) is 9.90 Å². The molecule has 6 heteroatoms. The highest BCUT2D eigenvalue weighted by atomic mass is 16.5. The van der Waals surface area contributed by atoms with Crippen LogP contribution in [0.4, 0.5) is 0 Å². The van der Waals surface area contributed by atoms with Gasteiger partial charge in [-0.25, -0.2) is 0 Å². The topological polar surface area (TPSA) is 102 Å². The third-order valence-corrected chi connectivity index (χ3v) is 7.63. The quantitative estimate of drug-likeness (QED) is 0.429. The molecule has 3 rings (SSSR count). The van der Waals surface area contributed by atoms with Crippen molar-refractivity contribution < 1.29 is 24.5 Å². The van der Waals surface area contributed by atoms with Gasteiger partial charge in [-0.3, -0.25) is 4.79 Å². The maximum Gasteiger partial charge on any atom is 0.305 e. The summed E-state index contributed by atoms with van der Waals surface area (Å²) in [4.78, 5) is 11.0. The van der Waals surface area contributed by atoms with Crippen LogP contribution in [0, 0.1) is 23.7 Å². The molecule has 1 saturated heterocycles. The average Bonchev–Trinajstić information content (AvgIpc) is 3.40. The second-order valence-corrected chi connectivity index (χ2v) is 10.5. The number of aliphatic carboxylic acids is 1. The molecule has 1 saturated carbocycles. The Morgan fingerprint density at radius 2 is 1.97 bits per heavy atom. The van der Waals surface area contributed by atoms with Crippen LogP contribution in [0.1, 0.15) is 60.3 Å². The Bertz CT molecular complexity index is 831. The van der Waals surface area contributed by atoms with Gasteiger partial charge in [0.2, 0.25) is 0 Å². The van der Waals surface area contributed by atoms with E-state index in [1.165, 1.54) is 11.1 Å². The molecule has 0 radical (unpaired) electrons. The molecule has 2 fully saturated rings. The van der Waals surface area contributed by atoms with Crippen LogP contribution in [0.3, 0.4) is 0 Å². The molecule has 6 nitrogen and oxygen atoms in total. The number of hydrogen-bond donors (Lipinski definition) is 3. The molecule has 2 aliphatic heterocycles. The van der Waals surface area contributed by atoms with Crippen LogP contribution in [0.25, 0.3) is 0 Å². The van der Waals surface area contributed by atoms with E-state index in [1.807, 2.05) is 6.08 Å². The van der Waals surface area contributed by atoms with Crippen LogP contribution in [-0.2, 0) is 14.3 Å². The minimum Gasteiger partial charge on any atom is -0.481 e. The Hall–Kier alpha value is -1.73. The Kier molecular flexibility index (Phi) is 9.33. The van der Waals surface area contributed by atoms with Gasteiger partial charge in [-0.2, -0.15) is 0 Å². The van der Waals surface area contributed by atoms with Gasteiger partial charge >= 0.3 is 5.97 Å². The third-order valence-electron chi connectivity index (χ3n) is 7.63. The monoisotopic (exact) mass is 473 g/mol. The molecule has 10 unspecified atom stereocenters. The molecule has 4 N–H and O–H groups in total. The third kappa shape index (κ3) is 6.91. The molecule has 34 heavy (non-hydrogen) atoms. The number of carbonyl (C=O) groups is 1. The molecule has 3 aliphatic rings. The van der Waals surface area contributed by atoms with Gasteiger partial charge in [0.15, 0.2) is 0 Å². The molecule has 1 aliphatic carbocycles. The number of aliphatic hydroxyl groups is 1. The summed E-state index contributed by atoms with van der Waals surface area (Å²) in [5.41, 5.74) is 8.65. The number of ether oxygens (including phenoxy) is 2. The van der Waals surface area contributed by atoms with Crippen molar-refractivity contribution in [3.05, 3.63) is 47.6 Å². The normalized spacial score (nSPS) is 39.9. The number of aliphatic hydroxyl groups excluding tert-OH is 1. The maximum absolute atomic E-state index is 11.0. The number of carboxylic acids is 1. The summed E-state index contributed by atoms with van der Waals surface area (Å²) >= 11 is 0. The summed E-state index contributed by atoms with van der Waals surface area (Å²) in [5, 5.41) is 19.4. The largest absolute Gasteiger partial charge is 0.481 e. The summed E-state index contributed by atoms with van der Waals surface area (Å²) in [6, 6.07) is -0.476. The second-order valence-electron chi connectivity index (χ2n) is 10.5. The number of allylic oxidation sites excluding steroid dienone is 4. The fourth-order valence-electron chi connectivity index (χ4n) is 5.28. The van der Waals surface area contributed by atoms with Crippen LogP contribution in [0.2, 0.25) is 0 Å². The number of nitrogens with two attached hydrogens (primary N) is 1. The Balaban J connectivity index is 1.53. The molecule has 0 aromatic rings. The van der Waals surface area contributed by atoms with Crippen molar-refractivity contribution in [2.45, 2.75) is 96.9 Å². The van der Waals surface area contributed by atoms with E-state index in [-0.39, 0.29) is 18.6 Å². The summed E-state index contributed by atoms with van der Waals surface area (Å²) in [6.07, 6.45) is 13.9. The SMILES string of the molecule is CCC1OC(C(C)=CC(C)C=CC2C(C)C2C=CC2OC(CC(=O)O)CC(N)C2O)CC=C1C. The van der Waals surface area contributed by atoms with Crippen molar-refractivity contribution in [3.8, 4) is 0 Å². The Labute approximate surface area is 204 Å². The van der Waals surface area contributed by atoms with E-state index in [4.69, 9.17) is 20.3 Å². The van der Waals surface area contributed by atoms with Crippen LogP contribution in [0.15, 0.2) is 47.6 Å². The average molecular weight is 474 g/mol. The van der Waals surface area contributed by atoms with E-state index >= 15 is 0 Å². The van der Waals surface area contributed by atoms with E-state index in [0.29, 0.717) is 30.1 Å². The summed E-state index contributed by atoms with van der Waals surface area (Å²) in [5.74, 6) is 0.779. The summed E-state index contributed by atoms with van der Waals surface area (Å²) in [7, 11) is 0. The van der Waals surface area contributed by atoms with Gasteiger partial charge in [0, 0.05) is 6.04 Å². The number of hydrogen-bond acceptors (Lipinski definition) is 5. The van der Waals surface area contributed by atoms with Crippen LogP contribution >= 0.6 is 0 Å². The van der Waals surface area contributed by atoms with Crippen LogP contribution in [0.5, 0.6) is 0 Å². The lowest BCUT2D eigenvalue weighted by Gasteiger charge is -2.36. The fraction of sp³-hybridized carbons (Fsp3) is 0.679. The van der Waals surface area contributed by atoms with Crippen molar-refractivity contribution >= 4 is 5.97 Å². The van der Waals surface area contributed by atoms with Crippen molar-refractivity contribution in [1.82, 2.24) is 0 Å². The molecule has 0 amide bonds. The number of carboxylic acid groups (broad SMARTS) is 1. The van der Waals surface area contributed by atoms with Crippen molar-refractivity contribution in [2.75, 3.05) is 0 Å². The molecule has 0 bridgehead atoms. The lowest BCUT2D eigenvalue weighted by molar-refractivity contribution is -0.147. The van der Waals surface area contributed by atoms with E-state index in [2.05, 4.69) is 65.0 Å². The van der Waals surface area contributed by atoms with E-state index in [1.54, 1.807) is 0 Å². The number of rotatable bonds is 9. The Morgan fingerprint density at radius 1 is 1.26 bits per heavy atom. The first-order valence-electron chi connectivity index (χ1n) is 12.8. The minimum absolute atomic E-state index is 0.0956. The lowest BCUT2D eigenvalue weighted by atomic mass is 9.94. The molecule has 0 spiro atoms. The maximum atomic E-state index is 11.0. The molecular weight excluding hydrogens is 430 g/mol. The van der Waals surface area contributed by atoms with E-state index < -0.39 is 30.3 Å². The Morgan fingerprint density at radius 3 is 2.65 bits per heavy atom. The second kappa shape index (κ2) is 11.8. The fourth-order valence-corrected chi connectivity index (χ4v) is 5.28. The van der Waals surface area contributed by atoms with Gasteiger partial charge in [-0.1, -0.05) is 57.2 Å². The standard InChI is InChI=1S/C28H43NO5/c1-6-24-17(3)8-11-25(34-24)18(4)13-16(2)7-9-21-19(5)22(21)10-12-26-28(32)23(29)14-20(33-26)15-27(30)31/h7-10,12-13,16,19-26,28,32H,6,11,14-15,29H2,1-5H3,(H,30,31). The van der Waals surface area contributed by atoms with Gasteiger partial charge < -0.3 is 25.4 Å². The zero-order chi connectivity index (χ0) is 25.0. The molecule has 0 aromatic heterocycles. The highest BCUT2D eigenvalue weighted by Gasteiger charge is 2.43. The zero-order valence-corrected chi connectivity index (χ0v) is 21.3. The first-order valence-corrected chi connectivity index (χ1v) is 12.8. The predicted molar refractivity (Wildman–Crippen MR) is 134 cm³/mol. The van der Waals surface area contributed by atoms with Crippen molar-refractivity contribution in [2.24, 2.45) is 29.4 Å². The van der Waals surface area contributed by atoms with Gasteiger partial charge in [0.05, 0.1) is 30.8 Å². The zero-order valence-electron chi connectivity index (χ0n) is 21.3. The van der Waals surface area contributed by atoms with Crippen LogP contribution in [-0.4, -0.2) is 52.7 Å². The molecule has 2 heterocycles. The molecular formula is C28H43NO5. The van der Waals surface area contributed by atoms with E-state index in [0.717, 1.165) is 12.8 Å². The first-order chi connectivity index (χ1) is 16.1. The smallest absolute Gasteiger partial charge is 0.305 e. The molecule has 10 atom stereocenters. The van der Waals surface area contributed by atoms with Gasteiger partial charge in [0.25, 0.3) is 0 Å². The highest BCUT2D eigenvalue weighted by molar-refractivity contribution is 5.67. The van der Waals surface area contributed by atoms with Gasteiger partial charge in [-0.05, 0) is 67.9 Å². The van der Waals surface area contributed by atoms with Crippen molar-refractivity contribution in [1.29, 1.82) is 0 Å².